The number of hydrogen-bond acceptors (Lipinski definition) is 6. The van der Waals surface area contributed by atoms with Gasteiger partial charge in [0.15, 0.2) is 6.29 Å². The molecule has 1 rings (SSSR count). The molecule has 0 aromatic heterocycles. The smallest absolute Gasteiger partial charge is 0.186 e. The monoisotopic (exact) mass is 208 g/mol. The Bertz CT molecular complexity index is 173. The van der Waals surface area contributed by atoms with Crippen LogP contribution in [-0.4, -0.2) is 64.3 Å². The van der Waals surface area contributed by atoms with Gasteiger partial charge in [0, 0.05) is 6.61 Å². The number of aliphatic hydroxyl groups is 4. The molecule has 0 aromatic rings. The van der Waals surface area contributed by atoms with Crippen LogP contribution in [0.1, 0.15) is 6.92 Å². The molecule has 0 aromatic carbocycles. The van der Waals surface area contributed by atoms with Gasteiger partial charge in [0.25, 0.3) is 0 Å². The van der Waals surface area contributed by atoms with E-state index in [1.165, 1.54) is 0 Å². The summed E-state index contributed by atoms with van der Waals surface area (Å²) in [5.41, 5.74) is 0. The van der Waals surface area contributed by atoms with Crippen LogP contribution in [0.2, 0.25) is 0 Å². The van der Waals surface area contributed by atoms with E-state index in [9.17, 15) is 15.3 Å². The quantitative estimate of drug-likeness (QED) is 0.419. The first kappa shape index (κ1) is 11.8. The zero-order chi connectivity index (χ0) is 10.7. The van der Waals surface area contributed by atoms with Crippen molar-refractivity contribution in [3.8, 4) is 0 Å². The maximum Gasteiger partial charge on any atom is 0.186 e. The predicted octanol–water partition coefficient (Wildman–Crippen LogP) is -2.18. The van der Waals surface area contributed by atoms with Gasteiger partial charge in [-0.1, -0.05) is 0 Å². The molecule has 14 heavy (non-hydrogen) atoms. The molecule has 1 fully saturated rings. The lowest BCUT2D eigenvalue weighted by atomic mass is 10.1. The number of ether oxygens (including phenoxy) is 2. The maximum atomic E-state index is 9.43. The van der Waals surface area contributed by atoms with Gasteiger partial charge in [0.05, 0.1) is 6.61 Å². The summed E-state index contributed by atoms with van der Waals surface area (Å²) in [5, 5.41) is 36.7. The third-order valence-electron chi connectivity index (χ3n) is 2.15. The van der Waals surface area contributed by atoms with Crippen LogP contribution in [0.3, 0.4) is 0 Å². The van der Waals surface area contributed by atoms with Gasteiger partial charge >= 0.3 is 0 Å². The van der Waals surface area contributed by atoms with Gasteiger partial charge < -0.3 is 29.9 Å². The Labute approximate surface area is 81.7 Å². The first-order valence-corrected chi connectivity index (χ1v) is 4.54. The number of aliphatic hydroxyl groups excluding tert-OH is 4. The molecule has 0 aliphatic carbocycles. The average Bonchev–Trinajstić information content (AvgIpc) is 2.46. The van der Waals surface area contributed by atoms with Gasteiger partial charge in [-0.15, -0.1) is 0 Å². The minimum atomic E-state index is -1.24. The molecule has 0 unspecified atom stereocenters. The zero-order valence-electron chi connectivity index (χ0n) is 7.91. The number of hydrogen-bond donors (Lipinski definition) is 4. The average molecular weight is 208 g/mol. The highest BCUT2D eigenvalue weighted by Gasteiger charge is 2.46. The molecule has 1 aliphatic rings. The molecule has 0 spiro atoms. The summed E-state index contributed by atoms with van der Waals surface area (Å²) in [6.07, 6.45) is -5.60. The highest BCUT2D eigenvalue weighted by molar-refractivity contribution is 4.90. The van der Waals surface area contributed by atoms with Crippen LogP contribution >= 0.6 is 0 Å². The molecule has 5 atom stereocenters. The van der Waals surface area contributed by atoms with Crippen LogP contribution in [0, 0.1) is 0 Å². The molecular weight excluding hydrogens is 192 g/mol. The molecule has 6 nitrogen and oxygen atoms in total. The summed E-state index contributed by atoms with van der Waals surface area (Å²) in [7, 11) is 0. The topological polar surface area (TPSA) is 99.4 Å². The minimum absolute atomic E-state index is 0.330. The van der Waals surface area contributed by atoms with E-state index in [0.29, 0.717) is 6.61 Å². The van der Waals surface area contributed by atoms with Crippen molar-refractivity contribution in [1.82, 2.24) is 0 Å². The fourth-order valence-corrected chi connectivity index (χ4v) is 1.40. The zero-order valence-corrected chi connectivity index (χ0v) is 7.91. The predicted molar refractivity (Wildman–Crippen MR) is 45.4 cm³/mol. The normalized spacial score (nSPS) is 40.1. The Kier molecular flexibility index (Phi) is 4.24. The minimum Gasteiger partial charge on any atom is -0.394 e. The van der Waals surface area contributed by atoms with Crippen LogP contribution < -0.4 is 0 Å². The Morgan fingerprint density at radius 1 is 1.36 bits per heavy atom. The van der Waals surface area contributed by atoms with Gasteiger partial charge in [0.2, 0.25) is 0 Å². The molecular formula is C8H16O6. The van der Waals surface area contributed by atoms with E-state index in [-0.39, 0.29) is 0 Å². The van der Waals surface area contributed by atoms with E-state index in [1.54, 1.807) is 6.92 Å². The fourth-order valence-electron chi connectivity index (χ4n) is 1.40. The Hall–Kier alpha value is -0.240. The van der Waals surface area contributed by atoms with Crippen LogP contribution in [0.15, 0.2) is 0 Å². The van der Waals surface area contributed by atoms with E-state index < -0.39 is 37.3 Å². The van der Waals surface area contributed by atoms with Crippen molar-refractivity contribution in [2.45, 2.75) is 37.6 Å². The molecule has 1 heterocycles. The first-order valence-electron chi connectivity index (χ1n) is 4.54. The highest BCUT2D eigenvalue weighted by atomic mass is 16.7. The lowest BCUT2D eigenvalue weighted by Gasteiger charge is -2.18. The van der Waals surface area contributed by atoms with E-state index in [0.717, 1.165) is 0 Å². The summed E-state index contributed by atoms with van der Waals surface area (Å²) in [6.45, 7) is 1.52. The van der Waals surface area contributed by atoms with Gasteiger partial charge in [-0.05, 0) is 6.92 Å². The van der Waals surface area contributed by atoms with E-state index >= 15 is 0 Å². The lowest BCUT2D eigenvalue weighted by molar-refractivity contribution is -0.178. The van der Waals surface area contributed by atoms with Crippen LogP contribution in [0.5, 0.6) is 0 Å². The summed E-state index contributed by atoms with van der Waals surface area (Å²) in [4.78, 5) is 0. The number of rotatable bonds is 4. The van der Waals surface area contributed by atoms with Gasteiger partial charge in [0.1, 0.15) is 24.4 Å². The third-order valence-corrected chi connectivity index (χ3v) is 2.15. The summed E-state index contributed by atoms with van der Waals surface area (Å²) >= 11 is 0. The molecule has 84 valence electrons. The van der Waals surface area contributed by atoms with Crippen LogP contribution in [0.4, 0.5) is 0 Å². The van der Waals surface area contributed by atoms with E-state index in [4.69, 9.17) is 14.6 Å². The SMILES string of the molecule is CCO[C@H]1O[C@H]([C@@H](O)CO)[C@H](O)[C@H]1O. The summed E-state index contributed by atoms with van der Waals surface area (Å²) in [6, 6.07) is 0. The second-order valence-electron chi connectivity index (χ2n) is 3.16. The molecule has 4 N–H and O–H groups in total. The third kappa shape index (κ3) is 2.22. The largest absolute Gasteiger partial charge is 0.394 e. The van der Waals surface area contributed by atoms with Gasteiger partial charge in [-0.25, -0.2) is 0 Å². The van der Waals surface area contributed by atoms with Crippen LogP contribution in [0.25, 0.3) is 0 Å². The first-order chi connectivity index (χ1) is 6.61. The highest BCUT2D eigenvalue weighted by Crippen LogP contribution is 2.24. The van der Waals surface area contributed by atoms with Crippen molar-refractivity contribution in [2.24, 2.45) is 0 Å². The van der Waals surface area contributed by atoms with Gasteiger partial charge in [-0.2, -0.15) is 0 Å². The van der Waals surface area contributed by atoms with Gasteiger partial charge in [-0.3, -0.25) is 0 Å². The molecule has 1 aliphatic heterocycles. The Morgan fingerprint density at radius 2 is 2.00 bits per heavy atom. The van der Waals surface area contributed by atoms with Crippen molar-refractivity contribution < 1.29 is 29.9 Å². The van der Waals surface area contributed by atoms with Crippen molar-refractivity contribution in [1.29, 1.82) is 0 Å². The molecule has 6 heteroatoms. The van der Waals surface area contributed by atoms with Crippen molar-refractivity contribution in [2.75, 3.05) is 13.2 Å². The van der Waals surface area contributed by atoms with Crippen molar-refractivity contribution in [3.63, 3.8) is 0 Å². The van der Waals surface area contributed by atoms with E-state index in [1.807, 2.05) is 0 Å². The molecule has 0 saturated carbocycles. The summed E-state index contributed by atoms with van der Waals surface area (Å²) < 4.78 is 10.0. The standard InChI is InChI=1S/C8H16O6/c1-2-13-8-6(12)5(11)7(14-8)4(10)3-9/h4-12H,2-3H2,1H3/t4-,5+,6+,7+,8-/m0/s1. The molecule has 1 saturated heterocycles. The maximum absolute atomic E-state index is 9.43. The van der Waals surface area contributed by atoms with E-state index in [2.05, 4.69) is 0 Å². The van der Waals surface area contributed by atoms with Crippen molar-refractivity contribution in [3.05, 3.63) is 0 Å². The summed E-state index contributed by atoms with van der Waals surface area (Å²) in [5.74, 6) is 0. The van der Waals surface area contributed by atoms with Crippen LogP contribution in [-0.2, 0) is 9.47 Å². The Morgan fingerprint density at radius 3 is 2.50 bits per heavy atom. The lowest BCUT2D eigenvalue weighted by Crippen LogP contribution is -2.40. The second-order valence-corrected chi connectivity index (χ2v) is 3.16. The Balaban J connectivity index is 2.57. The molecule has 0 amide bonds. The molecule has 0 radical (unpaired) electrons. The fraction of sp³-hybridized carbons (Fsp3) is 1.00. The molecule has 0 bridgehead atoms. The van der Waals surface area contributed by atoms with Crippen molar-refractivity contribution >= 4 is 0 Å². The second kappa shape index (κ2) is 5.01.